The number of carbonyl (C=O) groups excluding carboxylic acids is 1. The highest BCUT2D eigenvalue weighted by atomic mass is 79.9. The van der Waals surface area contributed by atoms with Crippen molar-refractivity contribution in [3.05, 3.63) is 27.7 Å². The predicted molar refractivity (Wildman–Crippen MR) is 85.0 cm³/mol. The Balaban J connectivity index is 0.00000180. The van der Waals surface area contributed by atoms with Gasteiger partial charge in [-0.05, 0) is 56.1 Å². The molecular weight excluding hydrogens is 328 g/mol. The van der Waals surface area contributed by atoms with Crippen LogP contribution < -0.4 is 10.6 Å². The molecule has 3 nitrogen and oxygen atoms in total. The maximum atomic E-state index is 12.1. The maximum absolute atomic E-state index is 12.1. The number of amides is 1. The molecule has 0 saturated carbocycles. The minimum absolute atomic E-state index is 0. The van der Waals surface area contributed by atoms with Crippen LogP contribution in [-0.2, 0) is 4.79 Å². The fraction of sp³-hybridized carbons (Fsp3) is 0.500. The molecule has 1 heterocycles. The third kappa shape index (κ3) is 3.71. The van der Waals surface area contributed by atoms with Crippen molar-refractivity contribution in [2.45, 2.75) is 20.8 Å². The van der Waals surface area contributed by atoms with Crippen LogP contribution in [0.5, 0.6) is 0 Å². The van der Waals surface area contributed by atoms with Crippen molar-refractivity contribution in [2.24, 2.45) is 11.8 Å². The van der Waals surface area contributed by atoms with Crippen molar-refractivity contribution >= 4 is 39.9 Å². The summed E-state index contributed by atoms with van der Waals surface area (Å²) < 4.78 is 1.11. The number of carbonyl (C=O) groups is 1. The summed E-state index contributed by atoms with van der Waals surface area (Å²) >= 11 is 3.53. The van der Waals surface area contributed by atoms with Gasteiger partial charge in [0, 0.05) is 16.1 Å². The standard InChI is InChI=1S/C14H19BrN2O.ClH/c1-8-4-12(5-9(2)13(8)15)17-14(18)10(3)11-6-16-7-11;/h4-5,10-11,16H,6-7H2,1-3H3,(H,17,18);1H. The van der Waals surface area contributed by atoms with E-state index in [1.165, 1.54) is 0 Å². The fourth-order valence-corrected chi connectivity index (χ4v) is 2.38. The molecule has 2 N–H and O–H groups in total. The van der Waals surface area contributed by atoms with Gasteiger partial charge < -0.3 is 10.6 Å². The molecule has 0 spiro atoms. The molecule has 0 radical (unpaired) electrons. The molecule has 1 fully saturated rings. The molecule has 1 aromatic rings. The van der Waals surface area contributed by atoms with Crippen LogP contribution in [-0.4, -0.2) is 19.0 Å². The van der Waals surface area contributed by atoms with Gasteiger partial charge >= 0.3 is 0 Å². The van der Waals surface area contributed by atoms with E-state index in [0.717, 1.165) is 34.4 Å². The lowest BCUT2D eigenvalue weighted by molar-refractivity contribution is -0.121. The first kappa shape index (κ1) is 16.5. The molecule has 5 heteroatoms. The average molecular weight is 348 g/mol. The first-order valence-electron chi connectivity index (χ1n) is 6.27. The van der Waals surface area contributed by atoms with Crippen molar-refractivity contribution < 1.29 is 4.79 Å². The van der Waals surface area contributed by atoms with E-state index < -0.39 is 0 Å². The average Bonchev–Trinajstić information content (AvgIpc) is 2.23. The lowest BCUT2D eigenvalue weighted by Gasteiger charge is -2.31. The molecular formula is C14H20BrClN2O. The smallest absolute Gasteiger partial charge is 0.227 e. The van der Waals surface area contributed by atoms with Gasteiger partial charge in [0.1, 0.15) is 0 Å². The number of nitrogens with one attached hydrogen (secondary N) is 2. The number of hydrogen-bond donors (Lipinski definition) is 2. The Bertz CT molecular complexity index is 452. The second kappa shape index (κ2) is 6.73. The van der Waals surface area contributed by atoms with E-state index in [1.807, 2.05) is 32.9 Å². The lowest BCUT2D eigenvalue weighted by Crippen LogP contribution is -2.48. The monoisotopic (exact) mass is 346 g/mol. The molecule has 1 aliphatic rings. The van der Waals surface area contributed by atoms with Crippen molar-refractivity contribution in [2.75, 3.05) is 18.4 Å². The van der Waals surface area contributed by atoms with Gasteiger partial charge in [0.05, 0.1) is 0 Å². The van der Waals surface area contributed by atoms with Gasteiger partial charge in [0.2, 0.25) is 5.91 Å². The minimum Gasteiger partial charge on any atom is -0.326 e. The van der Waals surface area contributed by atoms with E-state index in [-0.39, 0.29) is 24.2 Å². The zero-order chi connectivity index (χ0) is 13.3. The molecule has 1 atom stereocenters. The Morgan fingerprint density at radius 1 is 1.37 bits per heavy atom. The van der Waals surface area contributed by atoms with Gasteiger partial charge in [-0.3, -0.25) is 4.79 Å². The highest BCUT2D eigenvalue weighted by Gasteiger charge is 2.28. The summed E-state index contributed by atoms with van der Waals surface area (Å²) in [6.07, 6.45) is 0. The van der Waals surface area contributed by atoms with Crippen LogP contribution in [0, 0.1) is 25.7 Å². The highest BCUT2D eigenvalue weighted by Crippen LogP contribution is 2.26. The molecule has 1 aromatic carbocycles. The maximum Gasteiger partial charge on any atom is 0.227 e. The van der Waals surface area contributed by atoms with E-state index in [0.29, 0.717) is 5.92 Å². The number of aryl methyl sites for hydroxylation is 2. The molecule has 19 heavy (non-hydrogen) atoms. The lowest BCUT2D eigenvalue weighted by atomic mass is 9.88. The van der Waals surface area contributed by atoms with Crippen molar-refractivity contribution in [1.29, 1.82) is 0 Å². The number of benzene rings is 1. The van der Waals surface area contributed by atoms with Crippen LogP contribution in [0.25, 0.3) is 0 Å². The quantitative estimate of drug-likeness (QED) is 0.881. The first-order chi connectivity index (χ1) is 8.49. The van der Waals surface area contributed by atoms with E-state index in [2.05, 4.69) is 26.6 Å². The molecule has 2 rings (SSSR count). The van der Waals surface area contributed by atoms with Crippen molar-refractivity contribution in [3.8, 4) is 0 Å². The first-order valence-corrected chi connectivity index (χ1v) is 7.06. The largest absolute Gasteiger partial charge is 0.326 e. The molecule has 1 amide bonds. The summed E-state index contributed by atoms with van der Waals surface area (Å²) in [4.78, 5) is 12.1. The van der Waals surface area contributed by atoms with Crippen molar-refractivity contribution in [3.63, 3.8) is 0 Å². The molecule has 106 valence electrons. The van der Waals surface area contributed by atoms with Crippen LogP contribution in [0.2, 0.25) is 0 Å². The fourth-order valence-electron chi connectivity index (χ4n) is 2.15. The molecule has 0 aromatic heterocycles. The number of halogens is 2. The highest BCUT2D eigenvalue weighted by molar-refractivity contribution is 9.10. The Hall–Kier alpha value is -0.580. The van der Waals surface area contributed by atoms with E-state index in [4.69, 9.17) is 0 Å². The number of hydrogen-bond acceptors (Lipinski definition) is 2. The minimum atomic E-state index is 0. The van der Waals surface area contributed by atoms with Crippen LogP contribution >= 0.6 is 28.3 Å². The van der Waals surface area contributed by atoms with E-state index in [9.17, 15) is 4.79 Å². The van der Waals surface area contributed by atoms with Crippen LogP contribution in [0.4, 0.5) is 5.69 Å². The Morgan fingerprint density at radius 3 is 2.32 bits per heavy atom. The second-order valence-electron chi connectivity index (χ2n) is 5.12. The van der Waals surface area contributed by atoms with E-state index in [1.54, 1.807) is 0 Å². The summed E-state index contributed by atoms with van der Waals surface area (Å²) in [5.41, 5.74) is 3.17. The number of anilines is 1. The van der Waals surface area contributed by atoms with Crippen LogP contribution in [0.3, 0.4) is 0 Å². The van der Waals surface area contributed by atoms with Gasteiger partial charge in [0.25, 0.3) is 0 Å². The van der Waals surface area contributed by atoms with Crippen LogP contribution in [0.1, 0.15) is 18.1 Å². The normalized spacial score (nSPS) is 16.2. The van der Waals surface area contributed by atoms with Crippen molar-refractivity contribution in [1.82, 2.24) is 5.32 Å². The number of rotatable bonds is 3. The molecule has 0 bridgehead atoms. The summed E-state index contributed by atoms with van der Waals surface area (Å²) in [6.45, 7) is 7.97. The molecule has 1 saturated heterocycles. The topological polar surface area (TPSA) is 41.1 Å². The van der Waals surface area contributed by atoms with Crippen LogP contribution in [0.15, 0.2) is 16.6 Å². The van der Waals surface area contributed by atoms with Gasteiger partial charge in [-0.15, -0.1) is 12.4 Å². The van der Waals surface area contributed by atoms with Gasteiger partial charge in [0.15, 0.2) is 0 Å². The third-order valence-electron chi connectivity index (χ3n) is 3.64. The second-order valence-corrected chi connectivity index (χ2v) is 5.91. The Kier molecular flexibility index (Phi) is 5.83. The summed E-state index contributed by atoms with van der Waals surface area (Å²) in [6, 6.07) is 4.00. The summed E-state index contributed by atoms with van der Waals surface area (Å²) in [7, 11) is 0. The third-order valence-corrected chi connectivity index (χ3v) is 4.89. The summed E-state index contributed by atoms with van der Waals surface area (Å²) in [5.74, 6) is 0.653. The van der Waals surface area contributed by atoms with E-state index >= 15 is 0 Å². The van der Waals surface area contributed by atoms with Gasteiger partial charge in [-0.25, -0.2) is 0 Å². The van der Waals surface area contributed by atoms with Gasteiger partial charge in [-0.1, -0.05) is 22.9 Å². The van der Waals surface area contributed by atoms with Gasteiger partial charge in [-0.2, -0.15) is 0 Å². The summed E-state index contributed by atoms with van der Waals surface area (Å²) in [5, 5.41) is 6.21. The molecule has 1 unspecified atom stereocenters. The molecule has 0 aliphatic carbocycles. The Morgan fingerprint density at radius 2 is 1.89 bits per heavy atom. The Labute approximate surface area is 129 Å². The SMILES string of the molecule is Cc1cc(NC(=O)C(C)C2CNC2)cc(C)c1Br.Cl. The predicted octanol–water partition coefficient (Wildman–Crippen LogP) is 3.28. The molecule has 1 aliphatic heterocycles. The zero-order valence-electron chi connectivity index (χ0n) is 11.4. The zero-order valence-corrected chi connectivity index (χ0v) is 13.8.